The number of amides is 2. The highest BCUT2D eigenvalue weighted by Crippen LogP contribution is 2.28. The molecule has 0 unspecified atom stereocenters. The Kier molecular flexibility index (Phi) is 11.4. The fourth-order valence-corrected chi connectivity index (χ4v) is 4.68. The van der Waals surface area contributed by atoms with E-state index in [1.807, 2.05) is 33.8 Å². The molecule has 0 spiro atoms. The molecule has 42 heavy (non-hydrogen) atoms. The van der Waals surface area contributed by atoms with Gasteiger partial charge in [-0.2, -0.15) is 0 Å². The molecule has 0 aliphatic carbocycles. The van der Waals surface area contributed by atoms with E-state index < -0.39 is 11.8 Å². The van der Waals surface area contributed by atoms with E-state index in [1.54, 1.807) is 49.6 Å². The van der Waals surface area contributed by atoms with Crippen LogP contribution in [0.3, 0.4) is 0 Å². The van der Waals surface area contributed by atoms with E-state index in [2.05, 4.69) is 20.6 Å². The molecule has 1 heterocycles. The van der Waals surface area contributed by atoms with Crippen LogP contribution >= 0.6 is 35.6 Å². The molecule has 0 saturated carbocycles. The van der Waals surface area contributed by atoms with Crippen molar-refractivity contribution in [2.24, 2.45) is 0 Å². The van der Waals surface area contributed by atoms with Crippen molar-refractivity contribution in [1.29, 1.82) is 0 Å². The maximum absolute atomic E-state index is 13.5. The van der Waals surface area contributed by atoms with Gasteiger partial charge in [0.2, 0.25) is 0 Å². The largest absolute Gasteiger partial charge is 0.377 e. The van der Waals surface area contributed by atoms with Gasteiger partial charge in [0.05, 0.1) is 27.3 Å². The Morgan fingerprint density at radius 2 is 1.71 bits per heavy atom. The molecule has 0 bridgehead atoms. The van der Waals surface area contributed by atoms with E-state index in [0.29, 0.717) is 50.4 Å². The second kappa shape index (κ2) is 14.4. The molecule has 0 fully saturated rings. The summed E-state index contributed by atoms with van der Waals surface area (Å²) in [6.45, 7) is 8.72. The van der Waals surface area contributed by atoms with Crippen LogP contribution in [0, 0.1) is 6.92 Å². The number of rotatable bonds is 10. The van der Waals surface area contributed by atoms with E-state index in [9.17, 15) is 9.59 Å². The monoisotopic (exact) mass is 632 g/mol. The summed E-state index contributed by atoms with van der Waals surface area (Å²) in [7, 11) is 1.56. The van der Waals surface area contributed by atoms with Crippen molar-refractivity contribution >= 4 is 69.8 Å². The smallest absolute Gasteiger partial charge is 0.258 e. The molecule has 4 aromatic rings. The van der Waals surface area contributed by atoms with Crippen LogP contribution in [0.2, 0.25) is 10.0 Å². The number of nitrogens with zero attached hydrogens (tertiary/aromatic N) is 1. The number of halogens is 3. The van der Waals surface area contributed by atoms with Crippen molar-refractivity contribution in [2.75, 3.05) is 24.4 Å². The van der Waals surface area contributed by atoms with Crippen LogP contribution in [0.1, 0.15) is 64.9 Å². The van der Waals surface area contributed by atoms with Gasteiger partial charge >= 0.3 is 0 Å². The zero-order valence-electron chi connectivity index (χ0n) is 24.2. The van der Waals surface area contributed by atoms with E-state index in [4.69, 9.17) is 32.7 Å². The lowest BCUT2D eigenvalue weighted by atomic mass is 10.1. The number of anilines is 2. The highest BCUT2D eigenvalue weighted by Gasteiger charge is 2.19. The van der Waals surface area contributed by atoms with Crippen molar-refractivity contribution in [3.05, 3.63) is 86.7 Å². The lowest BCUT2D eigenvalue weighted by Gasteiger charge is -2.19. The number of carbonyl (C=O) groups is 2. The number of ether oxygens (including phenoxy) is 2. The Morgan fingerprint density at radius 1 is 0.976 bits per heavy atom. The van der Waals surface area contributed by atoms with Crippen LogP contribution in [-0.2, 0) is 22.5 Å². The molecular weight excluding hydrogens is 599 g/mol. The van der Waals surface area contributed by atoms with Crippen LogP contribution in [0.5, 0.6) is 0 Å². The molecule has 3 aromatic carbocycles. The molecule has 0 saturated heterocycles. The Hall–Kier alpha value is -3.14. The Labute approximate surface area is 261 Å². The van der Waals surface area contributed by atoms with Gasteiger partial charge in [0.1, 0.15) is 17.9 Å². The summed E-state index contributed by atoms with van der Waals surface area (Å²) in [5.74, 6) is -0.245. The predicted octanol–water partition coefficient (Wildman–Crippen LogP) is 8.00. The van der Waals surface area contributed by atoms with Gasteiger partial charge in [0.15, 0.2) is 0 Å². The van der Waals surface area contributed by atoms with Gasteiger partial charge in [-0.3, -0.25) is 9.59 Å². The first-order valence-corrected chi connectivity index (χ1v) is 14.0. The minimum atomic E-state index is -0.399. The number of imidazole rings is 1. The van der Waals surface area contributed by atoms with Crippen molar-refractivity contribution in [3.8, 4) is 0 Å². The van der Waals surface area contributed by atoms with E-state index in [-0.39, 0.29) is 30.2 Å². The molecule has 0 aliphatic heterocycles. The van der Waals surface area contributed by atoms with E-state index >= 15 is 0 Å². The quantitative estimate of drug-likeness (QED) is 0.154. The summed E-state index contributed by atoms with van der Waals surface area (Å²) in [4.78, 5) is 34.5. The third kappa shape index (κ3) is 8.46. The number of hydrogen-bond acceptors (Lipinski definition) is 5. The third-order valence-corrected chi connectivity index (χ3v) is 7.09. The number of aromatic amines is 1. The van der Waals surface area contributed by atoms with Gasteiger partial charge in [-0.25, -0.2) is 4.98 Å². The molecule has 0 aliphatic rings. The Bertz CT molecular complexity index is 1580. The van der Waals surface area contributed by atoms with E-state index in [1.165, 1.54) is 0 Å². The summed E-state index contributed by atoms with van der Waals surface area (Å²) < 4.78 is 11.0. The van der Waals surface area contributed by atoms with Crippen LogP contribution in [0.4, 0.5) is 11.4 Å². The number of aryl methyl sites for hydroxylation is 1. The van der Waals surface area contributed by atoms with Crippen LogP contribution in [-0.4, -0.2) is 41.1 Å². The minimum absolute atomic E-state index is 0. The summed E-state index contributed by atoms with van der Waals surface area (Å²) in [5.41, 5.74) is 4.13. The first-order chi connectivity index (χ1) is 19.4. The lowest BCUT2D eigenvalue weighted by molar-refractivity contribution is -0.00385. The predicted molar refractivity (Wildman–Crippen MR) is 172 cm³/mol. The van der Waals surface area contributed by atoms with Crippen molar-refractivity contribution < 1.29 is 19.1 Å². The third-order valence-electron chi connectivity index (χ3n) is 6.36. The maximum Gasteiger partial charge on any atom is 0.258 e. The first kappa shape index (κ1) is 33.4. The fraction of sp³-hybridized carbons (Fsp3) is 0.323. The fourth-order valence-electron chi connectivity index (χ4n) is 4.31. The highest BCUT2D eigenvalue weighted by molar-refractivity contribution is 6.34. The standard InChI is InChI=1S/C31H34Cl2N4O4.ClH/c1-18-23(32)9-6-10-25(18)36-30(39)22-15-20(16-26-28(22)37-27(35-26)17-40-5)34-29(38)21-14-19(11-12-24(21)33)8-7-13-41-31(2,3)4;/h6,9-12,14-16H,7-8,13,17H2,1-5H3,(H,34,38)(H,35,37)(H,36,39);1H. The number of benzene rings is 3. The van der Waals surface area contributed by atoms with Crippen molar-refractivity contribution in [3.63, 3.8) is 0 Å². The van der Waals surface area contributed by atoms with Gasteiger partial charge in [0, 0.05) is 30.1 Å². The minimum Gasteiger partial charge on any atom is -0.377 e. The van der Waals surface area contributed by atoms with Crippen molar-refractivity contribution in [1.82, 2.24) is 9.97 Å². The number of methoxy groups -OCH3 is 1. The van der Waals surface area contributed by atoms with Crippen molar-refractivity contribution in [2.45, 2.75) is 52.7 Å². The molecule has 8 nitrogen and oxygen atoms in total. The molecule has 3 N–H and O–H groups in total. The lowest BCUT2D eigenvalue weighted by Crippen LogP contribution is -2.20. The van der Waals surface area contributed by atoms with Gasteiger partial charge in [-0.15, -0.1) is 12.4 Å². The molecular formula is C31H35Cl3N4O4. The molecule has 0 radical (unpaired) electrons. The topological polar surface area (TPSA) is 105 Å². The number of fused-ring (bicyclic) bond motifs is 1. The zero-order valence-corrected chi connectivity index (χ0v) is 26.5. The average Bonchev–Trinajstić information content (AvgIpc) is 3.31. The molecule has 0 atom stereocenters. The average molecular weight is 634 g/mol. The van der Waals surface area contributed by atoms with Gasteiger partial charge in [-0.1, -0.05) is 35.3 Å². The van der Waals surface area contributed by atoms with Crippen LogP contribution in [0.25, 0.3) is 11.0 Å². The molecule has 4 rings (SSSR count). The van der Waals surface area contributed by atoms with Crippen LogP contribution in [0.15, 0.2) is 48.5 Å². The zero-order chi connectivity index (χ0) is 29.7. The summed E-state index contributed by atoms with van der Waals surface area (Å²) >= 11 is 12.7. The molecule has 1 aromatic heterocycles. The summed E-state index contributed by atoms with van der Waals surface area (Å²) in [6.07, 6.45) is 1.55. The second-order valence-electron chi connectivity index (χ2n) is 10.7. The number of hydrogen-bond donors (Lipinski definition) is 3. The Balaban J connectivity index is 0.00000484. The normalized spacial score (nSPS) is 11.3. The molecule has 2 amide bonds. The van der Waals surface area contributed by atoms with Gasteiger partial charge < -0.3 is 25.1 Å². The van der Waals surface area contributed by atoms with Crippen LogP contribution < -0.4 is 10.6 Å². The number of carbonyl (C=O) groups excluding carboxylic acids is 2. The number of H-pyrrole nitrogens is 1. The van der Waals surface area contributed by atoms with Gasteiger partial charge in [0.25, 0.3) is 11.8 Å². The van der Waals surface area contributed by atoms with Gasteiger partial charge in [-0.05, 0) is 88.1 Å². The summed E-state index contributed by atoms with van der Waals surface area (Å²) in [6, 6.07) is 14.0. The Morgan fingerprint density at radius 3 is 2.43 bits per heavy atom. The molecule has 224 valence electrons. The number of aromatic nitrogens is 2. The second-order valence-corrected chi connectivity index (χ2v) is 11.6. The summed E-state index contributed by atoms with van der Waals surface area (Å²) in [5, 5.41) is 6.68. The molecule has 11 heteroatoms. The first-order valence-electron chi connectivity index (χ1n) is 13.3. The van der Waals surface area contributed by atoms with E-state index in [0.717, 1.165) is 24.0 Å². The SMILES string of the molecule is COCc1nc2c(C(=O)Nc3cccc(Cl)c3C)cc(NC(=O)c3cc(CCCOC(C)(C)C)ccc3Cl)cc2[nH]1.Cl. The highest BCUT2D eigenvalue weighted by atomic mass is 35.5. The number of nitrogens with one attached hydrogen (secondary N) is 3. The maximum atomic E-state index is 13.5.